The standard InChI is InChI=1S/C21H24N2O3S/c1-25-17-5-4-15-13-20(22-19(15)14-17)21(24)23(16-7-10-26-11-8-16)9-6-18-3-2-12-27-18/h2-5,12-14,16,22H,6-11H2,1H3. The van der Waals surface area contributed by atoms with Gasteiger partial charge in [-0.1, -0.05) is 6.07 Å². The summed E-state index contributed by atoms with van der Waals surface area (Å²) in [5, 5.41) is 3.10. The Hall–Kier alpha value is -2.31. The van der Waals surface area contributed by atoms with E-state index in [9.17, 15) is 4.79 Å². The van der Waals surface area contributed by atoms with Gasteiger partial charge in [0.1, 0.15) is 11.4 Å². The van der Waals surface area contributed by atoms with Gasteiger partial charge in [0, 0.05) is 47.6 Å². The summed E-state index contributed by atoms with van der Waals surface area (Å²) in [5.74, 6) is 0.843. The van der Waals surface area contributed by atoms with Crippen molar-refractivity contribution in [3.8, 4) is 5.75 Å². The van der Waals surface area contributed by atoms with Crippen LogP contribution in [0.25, 0.3) is 10.9 Å². The molecule has 0 saturated carbocycles. The summed E-state index contributed by atoms with van der Waals surface area (Å²) in [6.07, 6.45) is 2.67. The monoisotopic (exact) mass is 384 g/mol. The van der Waals surface area contributed by atoms with Crippen LogP contribution in [0.3, 0.4) is 0 Å². The third-order valence-electron chi connectivity index (χ3n) is 5.13. The minimum absolute atomic E-state index is 0.0635. The van der Waals surface area contributed by atoms with Crippen molar-refractivity contribution < 1.29 is 14.3 Å². The molecule has 0 atom stereocenters. The number of hydrogen-bond acceptors (Lipinski definition) is 4. The van der Waals surface area contributed by atoms with Gasteiger partial charge < -0.3 is 19.4 Å². The molecule has 1 aromatic carbocycles. The zero-order valence-electron chi connectivity index (χ0n) is 15.4. The highest BCUT2D eigenvalue weighted by Crippen LogP contribution is 2.24. The number of aromatic amines is 1. The van der Waals surface area contributed by atoms with Gasteiger partial charge >= 0.3 is 0 Å². The Labute approximate surface area is 162 Å². The Kier molecular flexibility index (Phi) is 5.45. The summed E-state index contributed by atoms with van der Waals surface area (Å²) in [5.41, 5.74) is 1.55. The highest BCUT2D eigenvalue weighted by atomic mass is 32.1. The van der Waals surface area contributed by atoms with E-state index in [0.29, 0.717) is 5.69 Å². The first-order valence-electron chi connectivity index (χ1n) is 9.32. The molecule has 0 unspecified atom stereocenters. The first kappa shape index (κ1) is 18.1. The zero-order valence-corrected chi connectivity index (χ0v) is 16.3. The van der Waals surface area contributed by atoms with Gasteiger partial charge in [0.15, 0.2) is 0 Å². The largest absolute Gasteiger partial charge is 0.497 e. The smallest absolute Gasteiger partial charge is 0.270 e. The number of ether oxygens (including phenoxy) is 2. The SMILES string of the molecule is COc1ccc2cc(C(=O)N(CCc3cccs3)C3CCOCC3)[nH]c2c1. The number of nitrogens with one attached hydrogen (secondary N) is 1. The van der Waals surface area contributed by atoms with Crippen molar-refractivity contribution in [1.82, 2.24) is 9.88 Å². The van der Waals surface area contributed by atoms with E-state index in [0.717, 1.165) is 55.7 Å². The normalized spacial score (nSPS) is 15.1. The fraction of sp³-hybridized carbons (Fsp3) is 0.381. The molecule has 0 bridgehead atoms. The van der Waals surface area contributed by atoms with E-state index in [1.54, 1.807) is 18.4 Å². The summed E-state index contributed by atoms with van der Waals surface area (Å²) in [7, 11) is 1.65. The van der Waals surface area contributed by atoms with Crippen molar-refractivity contribution in [1.29, 1.82) is 0 Å². The molecule has 5 nitrogen and oxygen atoms in total. The zero-order chi connectivity index (χ0) is 18.6. The van der Waals surface area contributed by atoms with E-state index in [2.05, 4.69) is 22.5 Å². The third-order valence-corrected chi connectivity index (χ3v) is 6.07. The molecule has 1 aliphatic heterocycles. The Morgan fingerprint density at radius 3 is 2.89 bits per heavy atom. The van der Waals surface area contributed by atoms with Crippen molar-refractivity contribution in [3.63, 3.8) is 0 Å². The third kappa shape index (κ3) is 4.01. The molecule has 1 saturated heterocycles. The number of rotatable bonds is 6. The van der Waals surface area contributed by atoms with Gasteiger partial charge in [-0.2, -0.15) is 0 Å². The topological polar surface area (TPSA) is 54.6 Å². The summed E-state index contributed by atoms with van der Waals surface area (Å²) < 4.78 is 10.8. The molecule has 27 heavy (non-hydrogen) atoms. The van der Waals surface area contributed by atoms with Crippen LogP contribution in [0.15, 0.2) is 41.8 Å². The molecule has 3 heterocycles. The molecule has 0 radical (unpaired) electrons. The number of carbonyl (C=O) groups excluding carboxylic acids is 1. The quantitative estimate of drug-likeness (QED) is 0.696. The number of benzene rings is 1. The second-order valence-corrected chi connectivity index (χ2v) is 7.84. The fourth-order valence-electron chi connectivity index (χ4n) is 3.64. The van der Waals surface area contributed by atoms with Crippen LogP contribution in [0.5, 0.6) is 5.75 Å². The Balaban J connectivity index is 1.58. The van der Waals surface area contributed by atoms with Crippen LogP contribution in [0.4, 0.5) is 0 Å². The second-order valence-electron chi connectivity index (χ2n) is 6.81. The molecular formula is C21H24N2O3S. The van der Waals surface area contributed by atoms with E-state index in [4.69, 9.17) is 9.47 Å². The van der Waals surface area contributed by atoms with Crippen molar-refractivity contribution in [3.05, 3.63) is 52.3 Å². The molecule has 1 aliphatic rings. The number of methoxy groups -OCH3 is 1. The first-order chi connectivity index (χ1) is 13.2. The van der Waals surface area contributed by atoms with Crippen LogP contribution in [0, 0.1) is 0 Å². The van der Waals surface area contributed by atoms with Crippen molar-refractivity contribution in [2.24, 2.45) is 0 Å². The number of H-pyrrole nitrogens is 1. The number of fused-ring (bicyclic) bond motifs is 1. The maximum atomic E-state index is 13.4. The van der Waals surface area contributed by atoms with Gasteiger partial charge in [0.2, 0.25) is 0 Å². The summed E-state index contributed by atoms with van der Waals surface area (Å²) in [6.45, 7) is 2.16. The number of aromatic nitrogens is 1. The minimum Gasteiger partial charge on any atom is -0.497 e. The molecule has 2 aromatic heterocycles. The van der Waals surface area contributed by atoms with Gasteiger partial charge in [-0.15, -0.1) is 11.3 Å². The molecule has 1 fully saturated rings. The lowest BCUT2D eigenvalue weighted by atomic mass is 10.1. The lowest BCUT2D eigenvalue weighted by Crippen LogP contribution is -2.44. The van der Waals surface area contributed by atoms with E-state index < -0.39 is 0 Å². The summed E-state index contributed by atoms with van der Waals surface area (Å²) in [4.78, 5) is 20.0. The molecule has 1 N–H and O–H groups in total. The highest BCUT2D eigenvalue weighted by Gasteiger charge is 2.27. The molecular weight excluding hydrogens is 360 g/mol. The predicted octanol–water partition coefficient (Wildman–Crippen LogP) is 4.10. The number of amides is 1. The van der Waals surface area contributed by atoms with Crippen LogP contribution in [-0.2, 0) is 11.2 Å². The number of carbonyl (C=O) groups is 1. The van der Waals surface area contributed by atoms with Gasteiger partial charge in [0.05, 0.1) is 7.11 Å². The lowest BCUT2D eigenvalue weighted by Gasteiger charge is -2.34. The van der Waals surface area contributed by atoms with Crippen LogP contribution in [0.1, 0.15) is 28.2 Å². The molecule has 1 amide bonds. The minimum atomic E-state index is 0.0635. The van der Waals surface area contributed by atoms with E-state index in [-0.39, 0.29) is 11.9 Å². The average Bonchev–Trinajstić information content (AvgIpc) is 3.37. The van der Waals surface area contributed by atoms with Crippen LogP contribution < -0.4 is 4.74 Å². The van der Waals surface area contributed by atoms with Gasteiger partial charge in [-0.3, -0.25) is 4.79 Å². The summed E-state index contributed by atoms with van der Waals surface area (Å²) >= 11 is 1.74. The Morgan fingerprint density at radius 2 is 2.15 bits per heavy atom. The molecule has 142 valence electrons. The molecule has 6 heteroatoms. The average molecular weight is 385 g/mol. The maximum absolute atomic E-state index is 13.4. The van der Waals surface area contributed by atoms with E-state index >= 15 is 0 Å². The highest BCUT2D eigenvalue weighted by molar-refractivity contribution is 7.09. The number of thiophene rings is 1. The summed E-state index contributed by atoms with van der Waals surface area (Å²) in [6, 6.07) is 12.2. The van der Waals surface area contributed by atoms with Crippen molar-refractivity contribution in [2.45, 2.75) is 25.3 Å². The molecule has 3 aromatic rings. The first-order valence-corrected chi connectivity index (χ1v) is 10.2. The van der Waals surface area contributed by atoms with Crippen LogP contribution in [0.2, 0.25) is 0 Å². The molecule has 4 rings (SSSR count). The van der Waals surface area contributed by atoms with Crippen LogP contribution in [-0.4, -0.2) is 48.7 Å². The predicted molar refractivity (Wildman–Crippen MR) is 108 cm³/mol. The molecule has 0 aliphatic carbocycles. The van der Waals surface area contributed by atoms with Crippen molar-refractivity contribution >= 4 is 28.1 Å². The van der Waals surface area contributed by atoms with Crippen molar-refractivity contribution in [2.75, 3.05) is 26.9 Å². The second kappa shape index (κ2) is 8.15. The fourth-order valence-corrected chi connectivity index (χ4v) is 4.33. The lowest BCUT2D eigenvalue weighted by molar-refractivity contribution is 0.0291. The van der Waals surface area contributed by atoms with Crippen LogP contribution >= 0.6 is 11.3 Å². The number of nitrogens with zero attached hydrogens (tertiary/aromatic N) is 1. The van der Waals surface area contributed by atoms with Gasteiger partial charge in [-0.25, -0.2) is 0 Å². The van der Waals surface area contributed by atoms with Gasteiger partial charge in [0.25, 0.3) is 5.91 Å². The molecule has 0 spiro atoms. The number of hydrogen-bond donors (Lipinski definition) is 1. The van der Waals surface area contributed by atoms with Gasteiger partial charge in [-0.05, 0) is 48.9 Å². The maximum Gasteiger partial charge on any atom is 0.270 e. The van der Waals surface area contributed by atoms with E-state index in [1.807, 2.05) is 29.2 Å². The van der Waals surface area contributed by atoms with E-state index in [1.165, 1.54) is 4.88 Å². The Bertz CT molecular complexity index is 897. The Morgan fingerprint density at radius 1 is 1.30 bits per heavy atom.